The maximum atomic E-state index is 12.8. The summed E-state index contributed by atoms with van der Waals surface area (Å²) in [6.45, 7) is 0.528. The van der Waals surface area contributed by atoms with Crippen molar-refractivity contribution in [2.24, 2.45) is 0 Å². The molecule has 0 aliphatic carbocycles. The van der Waals surface area contributed by atoms with E-state index in [2.05, 4.69) is 20.3 Å². The van der Waals surface area contributed by atoms with Gasteiger partial charge in [0, 0.05) is 24.7 Å². The van der Waals surface area contributed by atoms with Crippen molar-refractivity contribution in [2.75, 3.05) is 6.54 Å². The number of carbonyl (C=O) groups is 1. The van der Waals surface area contributed by atoms with Gasteiger partial charge in [-0.05, 0) is 42.8 Å². The molecule has 1 amide bonds. The third-order valence-corrected chi connectivity index (χ3v) is 3.29. The van der Waals surface area contributed by atoms with E-state index >= 15 is 0 Å². The smallest absolute Gasteiger partial charge is 0.251 e. The third kappa shape index (κ3) is 3.28. The van der Waals surface area contributed by atoms with E-state index in [1.54, 1.807) is 6.20 Å². The summed E-state index contributed by atoms with van der Waals surface area (Å²) in [5.74, 6) is 0.297. The number of nitrogens with one attached hydrogen (secondary N) is 2. The predicted octanol–water partition coefficient (Wildman–Crippen LogP) is 2.46. The molecule has 0 aliphatic rings. The molecule has 3 rings (SSSR count). The van der Waals surface area contributed by atoms with Crippen LogP contribution in [-0.2, 0) is 6.42 Å². The summed E-state index contributed by atoms with van der Waals surface area (Å²) in [5, 5.41) is 2.80. The number of nitrogens with zero attached hydrogens (tertiary/aromatic N) is 2. The normalized spacial score (nSPS) is 10.8. The molecule has 112 valence electrons. The Morgan fingerprint density at radius 3 is 2.82 bits per heavy atom. The Hall–Kier alpha value is -2.76. The fraction of sp³-hybridized carbons (Fsp3) is 0.188. The van der Waals surface area contributed by atoms with E-state index in [1.807, 2.05) is 12.1 Å². The van der Waals surface area contributed by atoms with Gasteiger partial charge in [-0.25, -0.2) is 14.4 Å². The number of aromatic amines is 1. The van der Waals surface area contributed by atoms with Gasteiger partial charge in [-0.15, -0.1) is 0 Å². The van der Waals surface area contributed by atoms with Crippen molar-refractivity contribution in [1.82, 2.24) is 20.3 Å². The molecule has 0 saturated heterocycles. The second-order valence-electron chi connectivity index (χ2n) is 4.92. The lowest BCUT2D eigenvalue weighted by Crippen LogP contribution is -2.24. The number of carbonyl (C=O) groups excluding carboxylic acids is 1. The van der Waals surface area contributed by atoms with Crippen molar-refractivity contribution < 1.29 is 9.18 Å². The minimum Gasteiger partial charge on any atom is -0.352 e. The van der Waals surface area contributed by atoms with Crippen LogP contribution in [0.4, 0.5) is 4.39 Å². The molecule has 2 heterocycles. The average molecular weight is 298 g/mol. The summed E-state index contributed by atoms with van der Waals surface area (Å²) in [5.41, 5.74) is 2.06. The van der Waals surface area contributed by atoms with E-state index in [4.69, 9.17) is 0 Å². The highest BCUT2D eigenvalue weighted by atomic mass is 19.1. The number of aromatic nitrogens is 3. The van der Waals surface area contributed by atoms with E-state index in [0.29, 0.717) is 17.8 Å². The molecule has 0 saturated carbocycles. The molecule has 0 fully saturated rings. The summed E-state index contributed by atoms with van der Waals surface area (Å²) in [7, 11) is 0. The van der Waals surface area contributed by atoms with E-state index in [1.165, 1.54) is 24.3 Å². The molecule has 0 atom stereocenters. The van der Waals surface area contributed by atoms with Crippen LogP contribution < -0.4 is 5.32 Å². The van der Waals surface area contributed by atoms with Crippen molar-refractivity contribution in [2.45, 2.75) is 12.8 Å². The van der Waals surface area contributed by atoms with Crippen molar-refractivity contribution in [3.63, 3.8) is 0 Å². The van der Waals surface area contributed by atoms with Crippen LogP contribution in [0, 0.1) is 5.82 Å². The molecule has 0 unspecified atom stereocenters. The van der Waals surface area contributed by atoms with Crippen molar-refractivity contribution in [3.8, 4) is 0 Å². The Balaban J connectivity index is 1.49. The van der Waals surface area contributed by atoms with Gasteiger partial charge in [0.2, 0.25) is 0 Å². The lowest BCUT2D eigenvalue weighted by Gasteiger charge is -2.04. The first kappa shape index (κ1) is 14.2. The Kier molecular flexibility index (Phi) is 4.09. The maximum Gasteiger partial charge on any atom is 0.251 e. The van der Waals surface area contributed by atoms with Crippen molar-refractivity contribution in [1.29, 1.82) is 0 Å². The van der Waals surface area contributed by atoms with Crippen LogP contribution in [0.15, 0.2) is 42.6 Å². The second-order valence-corrected chi connectivity index (χ2v) is 4.92. The number of fused-ring (bicyclic) bond motifs is 1. The highest BCUT2D eigenvalue weighted by Crippen LogP contribution is 2.08. The van der Waals surface area contributed by atoms with Crippen LogP contribution in [0.25, 0.3) is 11.2 Å². The first-order valence-corrected chi connectivity index (χ1v) is 7.06. The fourth-order valence-electron chi connectivity index (χ4n) is 2.17. The number of hydrogen-bond acceptors (Lipinski definition) is 3. The van der Waals surface area contributed by atoms with Gasteiger partial charge in [0.25, 0.3) is 5.91 Å². The summed E-state index contributed by atoms with van der Waals surface area (Å²) in [6, 6.07) is 9.26. The van der Waals surface area contributed by atoms with E-state index in [-0.39, 0.29) is 11.7 Å². The highest BCUT2D eigenvalue weighted by molar-refractivity contribution is 5.94. The Morgan fingerprint density at radius 2 is 2.05 bits per heavy atom. The molecule has 6 heteroatoms. The van der Waals surface area contributed by atoms with Crippen molar-refractivity contribution >= 4 is 17.1 Å². The number of pyridine rings is 1. The molecule has 0 aliphatic heterocycles. The van der Waals surface area contributed by atoms with Crippen LogP contribution in [0.5, 0.6) is 0 Å². The number of imidazole rings is 1. The SMILES string of the molecule is O=C(NCCCc1nc2ncccc2[nH]1)c1ccc(F)cc1. The molecule has 3 aromatic rings. The van der Waals surface area contributed by atoms with E-state index < -0.39 is 0 Å². The topological polar surface area (TPSA) is 70.7 Å². The van der Waals surface area contributed by atoms with Gasteiger partial charge in [0.1, 0.15) is 11.6 Å². The zero-order chi connectivity index (χ0) is 15.4. The lowest BCUT2D eigenvalue weighted by molar-refractivity contribution is 0.0953. The first-order valence-electron chi connectivity index (χ1n) is 7.06. The monoisotopic (exact) mass is 298 g/mol. The fourth-order valence-corrected chi connectivity index (χ4v) is 2.17. The summed E-state index contributed by atoms with van der Waals surface area (Å²) in [4.78, 5) is 23.6. The van der Waals surface area contributed by atoms with Gasteiger partial charge in [-0.1, -0.05) is 0 Å². The number of amides is 1. The van der Waals surface area contributed by atoms with Crippen LogP contribution in [0.1, 0.15) is 22.6 Å². The number of rotatable bonds is 5. The van der Waals surface area contributed by atoms with Gasteiger partial charge in [-0.2, -0.15) is 0 Å². The number of aryl methyl sites for hydroxylation is 1. The van der Waals surface area contributed by atoms with Crippen LogP contribution >= 0.6 is 0 Å². The molecular weight excluding hydrogens is 283 g/mol. The van der Waals surface area contributed by atoms with Crippen LogP contribution in [-0.4, -0.2) is 27.4 Å². The van der Waals surface area contributed by atoms with E-state index in [0.717, 1.165) is 24.2 Å². The molecule has 0 bridgehead atoms. The zero-order valence-electron chi connectivity index (χ0n) is 11.8. The molecular formula is C16H15FN4O. The summed E-state index contributed by atoms with van der Waals surface area (Å²) in [6.07, 6.45) is 3.18. The quantitative estimate of drug-likeness (QED) is 0.711. The largest absolute Gasteiger partial charge is 0.352 e. The van der Waals surface area contributed by atoms with Gasteiger partial charge in [0.15, 0.2) is 5.65 Å². The lowest BCUT2D eigenvalue weighted by atomic mass is 10.2. The highest BCUT2D eigenvalue weighted by Gasteiger charge is 2.06. The second kappa shape index (κ2) is 6.34. The van der Waals surface area contributed by atoms with Crippen LogP contribution in [0.2, 0.25) is 0 Å². The number of benzene rings is 1. The van der Waals surface area contributed by atoms with Gasteiger partial charge in [-0.3, -0.25) is 4.79 Å². The zero-order valence-corrected chi connectivity index (χ0v) is 11.8. The molecule has 2 aromatic heterocycles. The van der Waals surface area contributed by atoms with Gasteiger partial charge in [0.05, 0.1) is 5.52 Å². The molecule has 1 aromatic carbocycles. The molecule has 5 nitrogen and oxygen atoms in total. The predicted molar refractivity (Wildman–Crippen MR) is 80.9 cm³/mol. The molecule has 2 N–H and O–H groups in total. The minimum absolute atomic E-state index is 0.203. The first-order chi connectivity index (χ1) is 10.7. The molecule has 22 heavy (non-hydrogen) atoms. The Morgan fingerprint density at radius 1 is 1.23 bits per heavy atom. The standard InChI is InChI=1S/C16H15FN4O/c17-12-7-5-11(6-8-12)16(22)19-10-2-4-14-20-13-3-1-9-18-15(13)21-14/h1,3,5-9H,2,4,10H2,(H,19,22)(H,18,20,21). The Labute approximate surface area is 126 Å². The number of hydrogen-bond donors (Lipinski definition) is 2. The van der Waals surface area contributed by atoms with E-state index in [9.17, 15) is 9.18 Å². The number of H-pyrrole nitrogens is 1. The van der Waals surface area contributed by atoms with Crippen molar-refractivity contribution in [3.05, 3.63) is 59.8 Å². The minimum atomic E-state index is -0.352. The maximum absolute atomic E-state index is 12.8. The molecule has 0 radical (unpaired) electrons. The summed E-state index contributed by atoms with van der Waals surface area (Å²) >= 11 is 0. The average Bonchev–Trinajstić information content (AvgIpc) is 2.95. The molecule has 0 spiro atoms. The Bertz CT molecular complexity index is 749. The van der Waals surface area contributed by atoms with Gasteiger partial charge >= 0.3 is 0 Å². The van der Waals surface area contributed by atoms with Gasteiger partial charge < -0.3 is 10.3 Å². The number of halogens is 1. The summed E-state index contributed by atoms with van der Waals surface area (Å²) < 4.78 is 12.8. The van der Waals surface area contributed by atoms with Crippen LogP contribution in [0.3, 0.4) is 0 Å². The third-order valence-electron chi connectivity index (χ3n) is 3.29.